The first kappa shape index (κ1) is 19.1. The van der Waals surface area contributed by atoms with Crippen LogP contribution in [0.2, 0.25) is 0 Å². The summed E-state index contributed by atoms with van der Waals surface area (Å²) in [4.78, 5) is 20.3. The van der Waals surface area contributed by atoms with Crippen molar-refractivity contribution in [3.63, 3.8) is 0 Å². The highest BCUT2D eigenvalue weighted by Crippen LogP contribution is 2.26. The minimum atomic E-state index is -0.710. The molecule has 3 rings (SSSR count). The number of pyridine rings is 1. The number of fused-ring (bicyclic) bond motifs is 3. The number of unbranched alkanes of at least 4 members (excludes halogenated alkanes) is 2. The molecule has 0 radical (unpaired) electrons. The Hall–Kier alpha value is -2.63. The molecule has 2 aromatic heterocycles. The number of nitrogens with zero attached hydrogens (tertiary/aromatic N) is 3. The molecule has 0 aliphatic heterocycles. The quantitative estimate of drug-likeness (QED) is 0.590. The van der Waals surface area contributed by atoms with Crippen molar-refractivity contribution < 1.29 is 9.53 Å². The van der Waals surface area contributed by atoms with Gasteiger partial charge in [-0.2, -0.15) is 0 Å². The number of primary amides is 1. The predicted molar refractivity (Wildman–Crippen MR) is 108 cm³/mol. The number of rotatable bonds is 8. The van der Waals surface area contributed by atoms with E-state index in [-0.39, 0.29) is 0 Å². The van der Waals surface area contributed by atoms with Gasteiger partial charge < -0.3 is 15.0 Å². The molecule has 0 aliphatic carbocycles. The van der Waals surface area contributed by atoms with Crippen LogP contribution in [0.5, 0.6) is 0 Å². The molecular weight excluding hydrogens is 340 g/mol. The molecule has 0 saturated heterocycles. The molecule has 0 unspecified atom stereocenters. The number of hydrogen-bond acceptors (Lipinski definition) is 4. The number of para-hydroxylation sites is 1. The lowest BCUT2D eigenvalue weighted by Crippen LogP contribution is -2.30. The number of benzene rings is 1. The van der Waals surface area contributed by atoms with Gasteiger partial charge in [0, 0.05) is 18.4 Å². The van der Waals surface area contributed by atoms with Gasteiger partial charge in [0.2, 0.25) is 0 Å². The summed E-state index contributed by atoms with van der Waals surface area (Å²) >= 11 is 0. The van der Waals surface area contributed by atoms with E-state index in [1.165, 1.54) is 5.52 Å². The van der Waals surface area contributed by atoms with Crippen LogP contribution in [0.3, 0.4) is 0 Å². The van der Waals surface area contributed by atoms with Gasteiger partial charge in [-0.15, -0.1) is 0 Å². The van der Waals surface area contributed by atoms with E-state index < -0.39 is 11.7 Å². The number of hydrogen-bond donors (Lipinski definition) is 1. The SMILES string of the molecule is CCc1nc2cnc3ccccc3c2n1CCCCCC(C)(C)OC(N)=O. The van der Waals surface area contributed by atoms with Gasteiger partial charge in [-0.3, -0.25) is 4.98 Å². The fraction of sp³-hybridized carbons (Fsp3) is 0.476. The molecule has 2 N–H and O–H groups in total. The highest BCUT2D eigenvalue weighted by Gasteiger charge is 2.21. The van der Waals surface area contributed by atoms with Gasteiger partial charge >= 0.3 is 6.09 Å². The molecule has 1 aromatic carbocycles. The van der Waals surface area contributed by atoms with Crippen LogP contribution >= 0.6 is 0 Å². The van der Waals surface area contributed by atoms with Crippen LogP contribution in [0, 0.1) is 0 Å². The summed E-state index contributed by atoms with van der Waals surface area (Å²) in [6.45, 7) is 6.85. The average Bonchev–Trinajstić information content (AvgIpc) is 2.98. The van der Waals surface area contributed by atoms with Crippen molar-refractivity contribution in [3.8, 4) is 0 Å². The van der Waals surface area contributed by atoms with E-state index in [1.54, 1.807) is 0 Å². The first-order chi connectivity index (χ1) is 12.9. The predicted octanol–water partition coefficient (Wildman–Crippen LogP) is 4.58. The van der Waals surface area contributed by atoms with Gasteiger partial charge in [-0.05, 0) is 39.2 Å². The lowest BCUT2D eigenvalue weighted by atomic mass is 10.0. The zero-order chi connectivity index (χ0) is 19.4. The minimum Gasteiger partial charge on any atom is -0.444 e. The molecular formula is C21H28N4O2. The zero-order valence-corrected chi connectivity index (χ0v) is 16.4. The van der Waals surface area contributed by atoms with Crippen molar-refractivity contribution in [2.24, 2.45) is 5.73 Å². The Balaban J connectivity index is 1.71. The Kier molecular flexibility index (Phi) is 5.63. The van der Waals surface area contributed by atoms with E-state index in [9.17, 15) is 4.79 Å². The smallest absolute Gasteiger partial charge is 0.405 e. The number of aryl methyl sites for hydroxylation is 2. The van der Waals surface area contributed by atoms with Crippen molar-refractivity contribution in [1.82, 2.24) is 14.5 Å². The van der Waals surface area contributed by atoms with E-state index >= 15 is 0 Å². The molecule has 6 nitrogen and oxygen atoms in total. The Morgan fingerprint density at radius 3 is 2.70 bits per heavy atom. The van der Waals surface area contributed by atoms with Crippen molar-refractivity contribution in [1.29, 1.82) is 0 Å². The number of nitrogens with two attached hydrogens (primary N) is 1. The van der Waals surface area contributed by atoms with Crippen molar-refractivity contribution in [2.75, 3.05) is 0 Å². The van der Waals surface area contributed by atoms with Crippen LogP contribution in [0.15, 0.2) is 30.5 Å². The topological polar surface area (TPSA) is 83.0 Å². The summed E-state index contributed by atoms with van der Waals surface area (Å²) in [5.41, 5.74) is 7.75. The zero-order valence-electron chi connectivity index (χ0n) is 16.4. The summed E-state index contributed by atoms with van der Waals surface area (Å²) in [6.07, 6.45) is 5.93. The highest BCUT2D eigenvalue weighted by atomic mass is 16.6. The average molecular weight is 368 g/mol. The summed E-state index contributed by atoms with van der Waals surface area (Å²) in [7, 11) is 0. The first-order valence-electron chi connectivity index (χ1n) is 9.62. The largest absolute Gasteiger partial charge is 0.444 e. The fourth-order valence-corrected chi connectivity index (χ4v) is 3.64. The van der Waals surface area contributed by atoms with Crippen molar-refractivity contribution >= 4 is 28.0 Å². The minimum absolute atomic E-state index is 0.510. The molecule has 0 atom stereocenters. The van der Waals surface area contributed by atoms with Crippen LogP contribution < -0.4 is 5.73 Å². The molecule has 0 spiro atoms. The van der Waals surface area contributed by atoms with Crippen LogP contribution in [0.1, 0.15) is 52.3 Å². The second kappa shape index (κ2) is 7.94. The normalized spacial score (nSPS) is 12.0. The Bertz CT molecular complexity index is 946. The molecule has 0 aliphatic rings. The van der Waals surface area contributed by atoms with Crippen LogP contribution in [-0.4, -0.2) is 26.2 Å². The summed E-state index contributed by atoms with van der Waals surface area (Å²) in [5.74, 6) is 1.10. The van der Waals surface area contributed by atoms with Gasteiger partial charge in [0.1, 0.15) is 16.9 Å². The van der Waals surface area contributed by atoms with Gasteiger partial charge in [0.25, 0.3) is 0 Å². The molecule has 0 saturated carbocycles. The van der Waals surface area contributed by atoms with Gasteiger partial charge in [-0.25, -0.2) is 9.78 Å². The number of carbonyl (C=O) groups excluding carboxylic acids is 1. The summed E-state index contributed by atoms with van der Waals surface area (Å²) in [6, 6.07) is 8.22. The van der Waals surface area contributed by atoms with E-state index in [4.69, 9.17) is 15.5 Å². The maximum absolute atomic E-state index is 10.9. The molecule has 1 amide bonds. The molecule has 144 valence electrons. The second-order valence-electron chi connectivity index (χ2n) is 7.53. The number of amides is 1. The second-order valence-corrected chi connectivity index (χ2v) is 7.53. The number of ether oxygens (including phenoxy) is 1. The van der Waals surface area contributed by atoms with Crippen LogP contribution in [-0.2, 0) is 17.7 Å². The lowest BCUT2D eigenvalue weighted by molar-refractivity contribution is 0.0372. The Morgan fingerprint density at radius 1 is 1.19 bits per heavy atom. The van der Waals surface area contributed by atoms with Gasteiger partial charge in [-0.1, -0.05) is 31.5 Å². The van der Waals surface area contributed by atoms with Crippen molar-refractivity contribution in [3.05, 3.63) is 36.3 Å². The third-order valence-corrected chi connectivity index (χ3v) is 4.91. The number of carbonyl (C=O) groups is 1. The maximum atomic E-state index is 10.9. The molecule has 27 heavy (non-hydrogen) atoms. The summed E-state index contributed by atoms with van der Waals surface area (Å²) in [5, 5.41) is 1.15. The third-order valence-electron chi connectivity index (χ3n) is 4.91. The molecule has 6 heteroatoms. The third kappa shape index (κ3) is 4.38. The van der Waals surface area contributed by atoms with E-state index in [1.807, 2.05) is 38.2 Å². The Labute approximate surface area is 159 Å². The van der Waals surface area contributed by atoms with E-state index in [0.29, 0.717) is 0 Å². The van der Waals surface area contributed by atoms with Crippen molar-refractivity contribution in [2.45, 2.75) is 65.0 Å². The van der Waals surface area contributed by atoms with Crippen LogP contribution in [0.25, 0.3) is 21.9 Å². The number of imidazole rings is 1. The highest BCUT2D eigenvalue weighted by molar-refractivity contribution is 6.02. The maximum Gasteiger partial charge on any atom is 0.405 e. The summed E-state index contributed by atoms with van der Waals surface area (Å²) < 4.78 is 7.49. The fourth-order valence-electron chi connectivity index (χ4n) is 3.64. The molecule has 0 fully saturated rings. The van der Waals surface area contributed by atoms with E-state index in [2.05, 4.69) is 22.5 Å². The lowest BCUT2D eigenvalue weighted by Gasteiger charge is -2.23. The number of aromatic nitrogens is 3. The molecule has 2 heterocycles. The molecule has 3 aromatic rings. The van der Waals surface area contributed by atoms with Crippen LogP contribution in [0.4, 0.5) is 4.79 Å². The van der Waals surface area contributed by atoms with E-state index in [0.717, 1.165) is 60.9 Å². The Morgan fingerprint density at radius 2 is 1.96 bits per heavy atom. The van der Waals surface area contributed by atoms with Gasteiger partial charge in [0.15, 0.2) is 0 Å². The molecule has 0 bridgehead atoms. The first-order valence-corrected chi connectivity index (χ1v) is 9.62. The van der Waals surface area contributed by atoms with Gasteiger partial charge in [0.05, 0.1) is 17.2 Å². The standard InChI is InChI=1S/C21H28N4O2/c1-4-18-24-17-14-23-16-11-7-6-10-15(16)19(17)25(18)13-9-5-8-12-21(2,3)27-20(22)26/h6-7,10-11,14H,4-5,8-9,12-13H2,1-3H3,(H2,22,26). The monoisotopic (exact) mass is 368 g/mol.